The van der Waals surface area contributed by atoms with E-state index in [1.165, 1.54) is 0 Å². The standard InChI is InChI=1S/C13H14ClN3O/c14-10-3-1-9(2-4-10)11-12(18)17-13(16-11)5-7-15-8-6-13/h1-4,15H,5-8H2,(H,17,18). The zero-order chi connectivity index (χ0) is 12.6. The van der Waals surface area contributed by atoms with Crippen molar-refractivity contribution in [3.05, 3.63) is 34.9 Å². The smallest absolute Gasteiger partial charge is 0.272 e. The van der Waals surface area contributed by atoms with Crippen molar-refractivity contribution in [1.29, 1.82) is 0 Å². The summed E-state index contributed by atoms with van der Waals surface area (Å²) in [7, 11) is 0. The van der Waals surface area contributed by atoms with Gasteiger partial charge >= 0.3 is 0 Å². The molecule has 1 fully saturated rings. The summed E-state index contributed by atoms with van der Waals surface area (Å²) in [6, 6.07) is 7.22. The van der Waals surface area contributed by atoms with Crippen molar-refractivity contribution < 1.29 is 4.79 Å². The lowest BCUT2D eigenvalue weighted by molar-refractivity contribution is -0.115. The summed E-state index contributed by atoms with van der Waals surface area (Å²) < 4.78 is 0. The van der Waals surface area contributed by atoms with E-state index < -0.39 is 5.66 Å². The molecule has 2 aliphatic rings. The van der Waals surface area contributed by atoms with E-state index in [9.17, 15) is 4.79 Å². The Morgan fingerprint density at radius 2 is 1.83 bits per heavy atom. The average molecular weight is 264 g/mol. The van der Waals surface area contributed by atoms with Gasteiger partial charge in [0.1, 0.15) is 11.4 Å². The first-order valence-corrected chi connectivity index (χ1v) is 6.45. The SMILES string of the molecule is O=C1NC2(CCNCC2)N=C1c1ccc(Cl)cc1. The van der Waals surface area contributed by atoms with Crippen LogP contribution in [0.4, 0.5) is 0 Å². The Morgan fingerprint density at radius 3 is 2.50 bits per heavy atom. The molecule has 0 saturated carbocycles. The molecule has 1 amide bonds. The summed E-state index contributed by atoms with van der Waals surface area (Å²) >= 11 is 5.85. The maximum Gasteiger partial charge on any atom is 0.272 e. The molecule has 4 nitrogen and oxygen atoms in total. The van der Waals surface area contributed by atoms with Gasteiger partial charge in [0.15, 0.2) is 0 Å². The van der Waals surface area contributed by atoms with E-state index in [1.54, 1.807) is 12.1 Å². The Morgan fingerprint density at radius 1 is 1.17 bits per heavy atom. The molecule has 94 valence electrons. The molecule has 2 aliphatic heterocycles. The van der Waals surface area contributed by atoms with Crippen LogP contribution in [0.5, 0.6) is 0 Å². The van der Waals surface area contributed by atoms with Crippen molar-refractivity contribution in [2.24, 2.45) is 4.99 Å². The number of carbonyl (C=O) groups excluding carboxylic acids is 1. The Balaban J connectivity index is 1.93. The first-order chi connectivity index (χ1) is 8.69. The van der Waals surface area contributed by atoms with Crippen molar-refractivity contribution in [1.82, 2.24) is 10.6 Å². The van der Waals surface area contributed by atoms with Crippen molar-refractivity contribution in [3.8, 4) is 0 Å². The van der Waals surface area contributed by atoms with Gasteiger partial charge in [-0.15, -0.1) is 0 Å². The van der Waals surface area contributed by atoms with Gasteiger partial charge < -0.3 is 10.6 Å². The van der Waals surface area contributed by atoms with Crippen LogP contribution >= 0.6 is 11.6 Å². The monoisotopic (exact) mass is 263 g/mol. The third kappa shape index (κ3) is 2.02. The predicted molar refractivity (Wildman–Crippen MR) is 71.0 cm³/mol. The third-order valence-corrected chi connectivity index (χ3v) is 3.69. The summed E-state index contributed by atoms with van der Waals surface area (Å²) in [6.07, 6.45) is 1.69. The van der Waals surface area contributed by atoms with E-state index in [2.05, 4.69) is 15.6 Å². The molecule has 1 aromatic carbocycles. The Labute approximate surface area is 110 Å². The van der Waals surface area contributed by atoms with E-state index in [0.29, 0.717) is 10.7 Å². The number of benzene rings is 1. The second-order valence-corrected chi connectivity index (χ2v) is 5.14. The van der Waals surface area contributed by atoms with Gasteiger partial charge in [-0.1, -0.05) is 23.7 Å². The topological polar surface area (TPSA) is 53.5 Å². The maximum atomic E-state index is 12.0. The zero-order valence-corrected chi connectivity index (χ0v) is 10.6. The Hall–Kier alpha value is -1.39. The molecule has 1 spiro atoms. The fraction of sp³-hybridized carbons (Fsp3) is 0.385. The van der Waals surface area contributed by atoms with Crippen molar-refractivity contribution in [3.63, 3.8) is 0 Å². The van der Waals surface area contributed by atoms with E-state index >= 15 is 0 Å². The minimum absolute atomic E-state index is 0.0841. The lowest BCUT2D eigenvalue weighted by Gasteiger charge is -2.30. The molecule has 0 atom stereocenters. The molecule has 0 bridgehead atoms. The summed E-state index contributed by atoms with van der Waals surface area (Å²) in [6.45, 7) is 1.77. The zero-order valence-electron chi connectivity index (χ0n) is 9.87. The predicted octanol–water partition coefficient (Wildman–Crippen LogP) is 1.34. The molecule has 1 saturated heterocycles. The number of nitrogens with zero attached hydrogens (tertiary/aromatic N) is 1. The van der Waals surface area contributed by atoms with Crippen molar-refractivity contribution >= 4 is 23.2 Å². The van der Waals surface area contributed by atoms with E-state index in [1.807, 2.05) is 12.1 Å². The molecular formula is C13H14ClN3O. The molecule has 3 rings (SSSR count). The first kappa shape index (κ1) is 11.7. The maximum absolute atomic E-state index is 12.0. The van der Waals surface area contributed by atoms with Crippen LogP contribution in [0.1, 0.15) is 18.4 Å². The number of carbonyl (C=O) groups is 1. The minimum atomic E-state index is -0.392. The summed E-state index contributed by atoms with van der Waals surface area (Å²) in [4.78, 5) is 16.7. The molecule has 1 aromatic rings. The Bertz CT molecular complexity index is 503. The highest BCUT2D eigenvalue weighted by Gasteiger charge is 2.40. The number of amides is 1. The molecular weight excluding hydrogens is 250 g/mol. The highest BCUT2D eigenvalue weighted by atomic mass is 35.5. The number of hydrogen-bond donors (Lipinski definition) is 2. The van der Waals surface area contributed by atoms with Crippen LogP contribution in [0.3, 0.4) is 0 Å². The molecule has 2 heterocycles. The molecule has 0 unspecified atom stereocenters. The number of rotatable bonds is 1. The summed E-state index contributed by atoms with van der Waals surface area (Å²) in [5.41, 5.74) is 0.956. The van der Waals surface area contributed by atoms with E-state index in [0.717, 1.165) is 31.5 Å². The Kier molecular flexibility index (Phi) is 2.84. The number of aliphatic imine (C=N–C) groups is 1. The van der Waals surface area contributed by atoms with Gasteiger partial charge in [-0.2, -0.15) is 0 Å². The van der Waals surface area contributed by atoms with Gasteiger partial charge in [0.05, 0.1) is 0 Å². The van der Waals surface area contributed by atoms with Crippen LogP contribution in [-0.2, 0) is 4.79 Å². The molecule has 0 aromatic heterocycles. The normalized spacial score (nSPS) is 21.8. The van der Waals surface area contributed by atoms with E-state index in [-0.39, 0.29) is 5.91 Å². The van der Waals surface area contributed by atoms with Crippen LogP contribution in [0.2, 0.25) is 5.02 Å². The van der Waals surface area contributed by atoms with Gasteiger partial charge in [0, 0.05) is 23.4 Å². The highest BCUT2D eigenvalue weighted by molar-refractivity contribution is 6.47. The molecule has 5 heteroatoms. The number of piperidine rings is 1. The fourth-order valence-corrected chi connectivity index (χ4v) is 2.57. The fourth-order valence-electron chi connectivity index (χ4n) is 2.44. The van der Waals surface area contributed by atoms with E-state index in [4.69, 9.17) is 11.6 Å². The van der Waals surface area contributed by atoms with Crippen LogP contribution < -0.4 is 10.6 Å². The minimum Gasteiger partial charge on any atom is -0.326 e. The second kappa shape index (κ2) is 4.37. The van der Waals surface area contributed by atoms with Crippen LogP contribution in [0, 0.1) is 0 Å². The summed E-state index contributed by atoms with van der Waals surface area (Å²) in [5.74, 6) is -0.0841. The molecule has 18 heavy (non-hydrogen) atoms. The van der Waals surface area contributed by atoms with Gasteiger partial charge in [-0.05, 0) is 25.2 Å². The number of nitrogens with one attached hydrogen (secondary N) is 2. The van der Waals surface area contributed by atoms with Crippen LogP contribution in [0.25, 0.3) is 0 Å². The average Bonchev–Trinajstić information content (AvgIpc) is 2.68. The lowest BCUT2D eigenvalue weighted by Crippen LogP contribution is -2.49. The van der Waals surface area contributed by atoms with Crippen LogP contribution in [-0.4, -0.2) is 30.4 Å². The number of hydrogen-bond acceptors (Lipinski definition) is 3. The number of halogens is 1. The van der Waals surface area contributed by atoms with Crippen molar-refractivity contribution in [2.75, 3.05) is 13.1 Å². The summed E-state index contributed by atoms with van der Waals surface area (Å²) in [5, 5.41) is 6.95. The third-order valence-electron chi connectivity index (χ3n) is 3.44. The second-order valence-electron chi connectivity index (χ2n) is 4.70. The van der Waals surface area contributed by atoms with Crippen LogP contribution in [0.15, 0.2) is 29.3 Å². The van der Waals surface area contributed by atoms with Gasteiger partial charge in [0.25, 0.3) is 5.91 Å². The lowest BCUT2D eigenvalue weighted by atomic mass is 10.00. The van der Waals surface area contributed by atoms with Gasteiger partial charge in [-0.3, -0.25) is 9.79 Å². The van der Waals surface area contributed by atoms with Crippen molar-refractivity contribution in [2.45, 2.75) is 18.5 Å². The molecule has 0 aliphatic carbocycles. The quantitative estimate of drug-likeness (QED) is 0.803. The largest absolute Gasteiger partial charge is 0.326 e. The first-order valence-electron chi connectivity index (χ1n) is 6.08. The highest BCUT2D eigenvalue weighted by Crippen LogP contribution is 2.26. The van der Waals surface area contributed by atoms with Gasteiger partial charge in [0.2, 0.25) is 0 Å². The molecule has 2 N–H and O–H groups in total. The van der Waals surface area contributed by atoms with Gasteiger partial charge in [-0.25, -0.2) is 0 Å². The molecule has 0 radical (unpaired) electrons.